The van der Waals surface area contributed by atoms with E-state index < -0.39 is 0 Å². The van der Waals surface area contributed by atoms with Crippen molar-refractivity contribution in [1.29, 1.82) is 0 Å². The second-order valence-corrected chi connectivity index (χ2v) is 4.75. The van der Waals surface area contributed by atoms with Gasteiger partial charge >= 0.3 is 0 Å². The lowest BCUT2D eigenvalue weighted by Crippen LogP contribution is -2.28. The van der Waals surface area contributed by atoms with Crippen molar-refractivity contribution in [1.82, 2.24) is 4.98 Å². The van der Waals surface area contributed by atoms with Crippen LogP contribution in [0.2, 0.25) is 5.15 Å². The van der Waals surface area contributed by atoms with E-state index in [1.54, 1.807) is 13.2 Å². The first-order valence-electron chi connectivity index (χ1n) is 5.83. The number of anilines is 1. The van der Waals surface area contributed by atoms with Crippen molar-refractivity contribution in [3.63, 3.8) is 0 Å². The average Bonchev–Trinajstić information content (AvgIpc) is 2.31. The number of ether oxygens (including phenoxy) is 1. The second-order valence-electron chi connectivity index (χ2n) is 4.36. The summed E-state index contributed by atoms with van der Waals surface area (Å²) in [4.78, 5) is 4.21. The minimum atomic E-state index is -0.144. The molecule has 0 radical (unpaired) electrons. The molecule has 1 aromatic rings. The van der Waals surface area contributed by atoms with E-state index in [0.717, 1.165) is 31.5 Å². The van der Waals surface area contributed by atoms with Crippen molar-refractivity contribution in [2.75, 3.05) is 12.4 Å². The first kappa shape index (κ1) is 12.5. The zero-order chi connectivity index (χ0) is 12.3. The average molecular weight is 257 g/mol. The number of hydrogen-bond acceptors (Lipinski definition) is 4. The van der Waals surface area contributed by atoms with Crippen LogP contribution in [0.3, 0.4) is 0 Å². The van der Waals surface area contributed by atoms with Crippen LogP contribution in [0.1, 0.15) is 25.7 Å². The minimum Gasteiger partial charge on any atom is -0.497 e. The molecule has 1 aliphatic carbocycles. The van der Waals surface area contributed by atoms with E-state index in [1.165, 1.54) is 0 Å². The van der Waals surface area contributed by atoms with Crippen LogP contribution in [0, 0.1) is 0 Å². The van der Waals surface area contributed by atoms with E-state index in [9.17, 15) is 5.11 Å². The molecule has 2 rings (SSSR count). The number of halogens is 1. The lowest BCUT2D eigenvalue weighted by atomic mass is 9.93. The van der Waals surface area contributed by atoms with Crippen LogP contribution in [0.25, 0.3) is 0 Å². The summed E-state index contributed by atoms with van der Waals surface area (Å²) in [5.74, 6) is 1.43. The predicted molar refractivity (Wildman–Crippen MR) is 67.7 cm³/mol. The quantitative estimate of drug-likeness (QED) is 0.816. The fourth-order valence-electron chi connectivity index (χ4n) is 2.09. The summed E-state index contributed by atoms with van der Waals surface area (Å²) in [7, 11) is 1.60. The summed E-state index contributed by atoms with van der Waals surface area (Å²) in [6.45, 7) is 0. The van der Waals surface area contributed by atoms with Crippen molar-refractivity contribution in [3.8, 4) is 5.75 Å². The summed E-state index contributed by atoms with van der Waals surface area (Å²) in [5, 5.41) is 13.2. The van der Waals surface area contributed by atoms with Crippen molar-refractivity contribution in [3.05, 3.63) is 17.3 Å². The van der Waals surface area contributed by atoms with Crippen molar-refractivity contribution in [2.24, 2.45) is 0 Å². The highest BCUT2D eigenvalue weighted by atomic mass is 35.5. The maximum absolute atomic E-state index is 9.43. The Morgan fingerprint density at radius 1 is 1.35 bits per heavy atom. The zero-order valence-electron chi connectivity index (χ0n) is 9.82. The molecule has 0 saturated heterocycles. The summed E-state index contributed by atoms with van der Waals surface area (Å²) in [6, 6.07) is 3.86. The summed E-state index contributed by atoms with van der Waals surface area (Å²) in [5.41, 5.74) is 0. The number of methoxy groups -OCH3 is 1. The van der Waals surface area contributed by atoms with Crippen LogP contribution in [0.4, 0.5) is 5.82 Å². The number of nitrogens with zero attached hydrogens (tertiary/aromatic N) is 1. The molecule has 1 heterocycles. The number of pyridine rings is 1. The Balaban J connectivity index is 2.00. The van der Waals surface area contributed by atoms with Crippen molar-refractivity contribution < 1.29 is 9.84 Å². The third kappa shape index (κ3) is 3.48. The molecule has 1 aromatic heterocycles. The zero-order valence-corrected chi connectivity index (χ0v) is 10.6. The first-order chi connectivity index (χ1) is 8.17. The standard InChI is InChI=1S/C12H17ClN2O2/c1-17-10-6-11(13)15-12(7-10)14-8-2-4-9(16)5-3-8/h6-9,16H,2-5H2,1H3,(H,14,15). The third-order valence-electron chi connectivity index (χ3n) is 3.05. The largest absolute Gasteiger partial charge is 0.497 e. The van der Waals surface area contributed by atoms with E-state index in [1.807, 2.05) is 6.07 Å². The second kappa shape index (κ2) is 5.56. The fraction of sp³-hybridized carbons (Fsp3) is 0.583. The molecule has 5 heteroatoms. The van der Waals surface area contributed by atoms with E-state index in [0.29, 0.717) is 16.9 Å². The van der Waals surface area contributed by atoms with Gasteiger partial charge in [-0.15, -0.1) is 0 Å². The Kier molecular flexibility index (Phi) is 4.07. The molecule has 0 unspecified atom stereocenters. The maximum Gasteiger partial charge on any atom is 0.135 e. The lowest BCUT2D eigenvalue weighted by Gasteiger charge is -2.26. The monoisotopic (exact) mass is 256 g/mol. The summed E-state index contributed by atoms with van der Waals surface area (Å²) < 4.78 is 5.14. The smallest absolute Gasteiger partial charge is 0.135 e. The third-order valence-corrected chi connectivity index (χ3v) is 3.25. The van der Waals surface area contributed by atoms with E-state index in [2.05, 4.69) is 10.3 Å². The molecular weight excluding hydrogens is 240 g/mol. The lowest BCUT2D eigenvalue weighted by molar-refractivity contribution is 0.126. The highest BCUT2D eigenvalue weighted by Gasteiger charge is 2.19. The molecule has 0 aromatic carbocycles. The molecule has 0 spiro atoms. The van der Waals surface area contributed by atoms with E-state index >= 15 is 0 Å². The molecule has 1 saturated carbocycles. The number of hydrogen-bond donors (Lipinski definition) is 2. The van der Waals surface area contributed by atoms with E-state index in [-0.39, 0.29) is 6.10 Å². The molecule has 0 atom stereocenters. The van der Waals surface area contributed by atoms with Gasteiger partial charge in [-0.05, 0) is 25.7 Å². The van der Waals surface area contributed by atoms with Crippen molar-refractivity contribution in [2.45, 2.75) is 37.8 Å². The van der Waals surface area contributed by atoms with Crippen LogP contribution < -0.4 is 10.1 Å². The van der Waals surface area contributed by atoms with Gasteiger partial charge in [0.15, 0.2) is 0 Å². The number of aliphatic hydroxyl groups is 1. The molecule has 94 valence electrons. The molecule has 4 nitrogen and oxygen atoms in total. The highest BCUT2D eigenvalue weighted by Crippen LogP contribution is 2.25. The Morgan fingerprint density at radius 3 is 2.71 bits per heavy atom. The van der Waals surface area contributed by atoms with Gasteiger partial charge < -0.3 is 15.2 Å². The molecule has 17 heavy (non-hydrogen) atoms. The molecule has 0 amide bonds. The number of aromatic nitrogens is 1. The van der Waals surface area contributed by atoms with Gasteiger partial charge in [0.1, 0.15) is 16.7 Å². The first-order valence-corrected chi connectivity index (χ1v) is 6.21. The molecule has 1 fully saturated rings. The SMILES string of the molecule is COc1cc(Cl)nc(NC2CCC(O)CC2)c1. The van der Waals surface area contributed by atoms with Gasteiger partial charge in [-0.1, -0.05) is 11.6 Å². The number of rotatable bonds is 3. The highest BCUT2D eigenvalue weighted by molar-refractivity contribution is 6.29. The fourth-order valence-corrected chi connectivity index (χ4v) is 2.29. The van der Waals surface area contributed by atoms with Gasteiger partial charge in [0, 0.05) is 18.2 Å². The van der Waals surface area contributed by atoms with E-state index in [4.69, 9.17) is 16.3 Å². The van der Waals surface area contributed by atoms with Gasteiger partial charge in [0.2, 0.25) is 0 Å². The molecule has 0 bridgehead atoms. The maximum atomic E-state index is 9.43. The normalized spacial score (nSPS) is 24.4. The Hall–Kier alpha value is -1.00. The van der Waals surface area contributed by atoms with Gasteiger partial charge in [0.25, 0.3) is 0 Å². The van der Waals surface area contributed by atoms with Crippen molar-refractivity contribution >= 4 is 17.4 Å². The number of aliphatic hydroxyl groups excluding tert-OH is 1. The van der Waals surface area contributed by atoms with Crippen LogP contribution in [-0.4, -0.2) is 29.3 Å². The van der Waals surface area contributed by atoms with Crippen LogP contribution >= 0.6 is 11.6 Å². The summed E-state index contributed by atoms with van der Waals surface area (Å²) >= 11 is 5.90. The topological polar surface area (TPSA) is 54.4 Å². The van der Waals surface area contributed by atoms with Crippen LogP contribution in [0.5, 0.6) is 5.75 Å². The molecule has 0 aliphatic heterocycles. The molecular formula is C12H17ClN2O2. The predicted octanol–water partition coefficient (Wildman–Crippen LogP) is 2.46. The van der Waals surface area contributed by atoms with Crippen LogP contribution in [0.15, 0.2) is 12.1 Å². The minimum absolute atomic E-state index is 0.144. The molecule has 1 aliphatic rings. The number of nitrogens with one attached hydrogen (secondary N) is 1. The van der Waals surface area contributed by atoms with Gasteiger partial charge in [0.05, 0.1) is 13.2 Å². The summed E-state index contributed by atoms with van der Waals surface area (Å²) in [6.07, 6.45) is 3.45. The Bertz CT molecular complexity index is 379. The van der Waals surface area contributed by atoms with Gasteiger partial charge in [-0.25, -0.2) is 4.98 Å². The Labute approximate surface area is 106 Å². The van der Waals surface area contributed by atoms with Gasteiger partial charge in [-0.2, -0.15) is 0 Å². The molecule has 2 N–H and O–H groups in total. The van der Waals surface area contributed by atoms with Crippen LogP contribution in [-0.2, 0) is 0 Å². The van der Waals surface area contributed by atoms with Gasteiger partial charge in [-0.3, -0.25) is 0 Å². The Morgan fingerprint density at radius 2 is 2.06 bits per heavy atom.